The number of anilines is 2. The van der Waals surface area contributed by atoms with Crippen LogP contribution in [0.4, 0.5) is 16.2 Å². The fourth-order valence-electron chi connectivity index (χ4n) is 4.15. The summed E-state index contributed by atoms with van der Waals surface area (Å²) in [4.78, 5) is 29.4. The van der Waals surface area contributed by atoms with Gasteiger partial charge in [-0.05, 0) is 55.6 Å². The summed E-state index contributed by atoms with van der Waals surface area (Å²) in [6, 6.07) is 12.4. The van der Waals surface area contributed by atoms with Crippen LogP contribution in [0.3, 0.4) is 0 Å². The predicted molar refractivity (Wildman–Crippen MR) is 139 cm³/mol. The van der Waals surface area contributed by atoms with Crippen LogP contribution >= 0.6 is 23.2 Å². The molecule has 0 bridgehead atoms. The molecule has 180 valence electrons. The maximum absolute atomic E-state index is 13.5. The number of carbonyl (C=O) groups is 2. The molecule has 0 atom stereocenters. The Balaban J connectivity index is 1.78. The molecule has 0 unspecified atom stereocenters. The third kappa shape index (κ3) is 7.39. The third-order valence-electron chi connectivity index (χ3n) is 5.89. The second-order valence-corrected chi connectivity index (χ2v) is 9.22. The fourth-order valence-corrected chi connectivity index (χ4v) is 4.45. The van der Waals surface area contributed by atoms with Crippen LogP contribution in [-0.4, -0.2) is 47.4 Å². The Morgan fingerprint density at radius 1 is 1.12 bits per heavy atom. The van der Waals surface area contributed by atoms with Gasteiger partial charge in [-0.3, -0.25) is 4.79 Å². The van der Waals surface area contributed by atoms with Crippen molar-refractivity contribution in [1.82, 2.24) is 9.80 Å². The van der Waals surface area contributed by atoms with Crippen LogP contribution in [0.15, 0.2) is 42.5 Å². The maximum atomic E-state index is 13.5. The van der Waals surface area contributed by atoms with Gasteiger partial charge < -0.3 is 20.4 Å². The topological polar surface area (TPSA) is 64.7 Å². The SMILES string of the molecule is C#CCCCN1CCC(N(Cc2ccccc2NC(C)=O)C(=O)Nc2ccc(Cl)c(Cl)c2)CC1. The van der Waals surface area contributed by atoms with Crippen molar-refractivity contribution in [2.75, 3.05) is 30.3 Å². The number of amides is 3. The van der Waals surface area contributed by atoms with E-state index in [0.717, 1.165) is 50.9 Å². The molecule has 3 amide bonds. The first-order valence-electron chi connectivity index (χ1n) is 11.4. The Hall–Kier alpha value is -2.72. The first kappa shape index (κ1) is 25.9. The average molecular weight is 501 g/mol. The van der Waals surface area contributed by atoms with Crippen LogP contribution in [0.5, 0.6) is 0 Å². The number of benzene rings is 2. The van der Waals surface area contributed by atoms with Crippen LogP contribution in [0.2, 0.25) is 10.0 Å². The predicted octanol–water partition coefficient (Wildman–Crippen LogP) is 5.86. The molecule has 3 rings (SSSR count). The number of likely N-dealkylation sites (tertiary alicyclic amines) is 1. The Labute approximate surface area is 211 Å². The Kier molecular flexibility index (Phi) is 9.64. The van der Waals surface area contributed by atoms with Crippen LogP contribution in [0.1, 0.15) is 38.2 Å². The number of carbonyl (C=O) groups excluding carboxylic acids is 2. The first-order chi connectivity index (χ1) is 16.4. The molecule has 8 heteroatoms. The number of unbranched alkanes of at least 4 members (excludes halogenated alkanes) is 1. The van der Waals surface area contributed by atoms with E-state index in [1.54, 1.807) is 18.2 Å². The van der Waals surface area contributed by atoms with Gasteiger partial charge in [-0.25, -0.2) is 4.79 Å². The lowest BCUT2D eigenvalue weighted by Crippen LogP contribution is -2.48. The van der Waals surface area contributed by atoms with Crippen molar-refractivity contribution in [2.45, 2.75) is 45.2 Å². The molecular formula is C26H30Cl2N4O2. The molecule has 0 aromatic heterocycles. The van der Waals surface area contributed by atoms with Gasteiger partial charge in [-0.15, -0.1) is 12.3 Å². The zero-order valence-corrected chi connectivity index (χ0v) is 20.8. The number of halogens is 2. The molecule has 0 spiro atoms. The molecular weight excluding hydrogens is 471 g/mol. The number of terminal acetylenes is 1. The van der Waals surface area contributed by atoms with E-state index in [1.807, 2.05) is 29.2 Å². The van der Waals surface area contributed by atoms with Gasteiger partial charge in [-0.2, -0.15) is 0 Å². The van der Waals surface area contributed by atoms with Crippen molar-refractivity contribution in [3.05, 3.63) is 58.1 Å². The summed E-state index contributed by atoms with van der Waals surface area (Å²) >= 11 is 12.2. The van der Waals surface area contributed by atoms with E-state index in [9.17, 15) is 9.59 Å². The molecule has 1 aliphatic heterocycles. The standard InChI is InChI=1S/C26H30Cl2N4O2/c1-3-4-7-14-31-15-12-22(13-16-31)32(18-20-8-5-6-9-25(20)29-19(2)33)26(34)30-21-10-11-23(27)24(28)17-21/h1,5-6,8-11,17,22H,4,7,12-16,18H2,2H3,(H,29,33)(H,30,34). The molecule has 2 aromatic carbocycles. The highest BCUT2D eigenvalue weighted by Crippen LogP contribution is 2.27. The van der Waals surface area contributed by atoms with E-state index < -0.39 is 0 Å². The summed E-state index contributed by atoms with van der Waals surface area (Å²) in [5.41, 5.74) is 2.15. The Morgan fingerprint density at radius 2 is 1.85 bits per heavy atom. The maximum Gasteiger partial charge on any atom is 0.322 e. The van der Waals surface area contributed by atoms with E-state index in [1.165, 1.54) is 6.92 Å². The van der Waals surface area contributed by atoms with Crippen molar-refractivity contribution in [1.29, 1.82) is 0 Å². The lowest BCUT2D eigenvalue weighted by atomic mass is 10.0. The number of nitrogens with zero attached hydrogens (tertiary/aromatic N) is 2. The van der Waals surface area contributed by atoms with Crippen LogP contribution in [0, 0.1) is 12.3 Å². The molecule has 0 aliphatic carbocycles. The Bertz CT molecular complexity index is 1050. The molecule has 1 heterocycles. The summed E-state index contributed by atoms with van der Waals surface area (Å²) in [5.74, 6) is 2.54. The van der Waals surface area contributed by atoms with Crippen molar-refractivity contribution in [3.63, 3.8) is 0 Å². The quantitative estimate of drug-likeness (QED) is 0.352. The van der Waals surface area contributed by atoms with Gasteiger partial charge in [0.15, 0.2) is 0 Å². The summed E-state index contributed by atoms with van der Waals surface area (Å²) in [7, 11) is 0. The molecule has 6 nitrogen and oxygen atoms in total. The molecule has 0 radical (unpaired) electrons. The van der Waals surface area contributed by atoms with E-state index in [4.69, 9.17) is 29.6 Å². The van der Waals surface area contributed by atoms with Gasteiger partial charge in [0.25, 0.3) is 0 Å². The van der Waals surface area contributed by atoms with Crippen molar-refractivity contribution in [2.24, 2.45) is 0 Å². The van der Waals surface area contributed by atoms with Crippen molar-refractivity contribution < 1.29 is 9.59 Å². The highest BCUT2D eigenvalue weighted by Gasteiger charge is 2.29. The number of para-hydroxylation sites is 1. The molecule has 34 heavy (non-hydrogen) atoms. The largest absolute Gasteiger partial charge is 0.326 e. The lowest BCUT2D eigenvalue weighted by Gasteiger charge is -2.39. The minimum atomic E-state index is -0.221. The summed E-state index contributed by atoms with van der Waals surface area (Å²) < 4.78 is 0. The van der Waals surface area contributed by atoms with Gasteiger partial charge in [0.1, 0.15) is 0 Å². The van der Waals surface area contributed by atoms with Crippen molar-refractivity contribution in [3.8, 4) is 12.3 Å². The smallest absolute Gasteiger partial charge is 0.322 e. The van der Waals surface area contributed by atoms with Gasteiger partial charge in [0, 0.05) is 50.4 Å². The molecule has 1 fully saturated rings. The first-order valence-corrected chi connectivity index (χ1v) is 12.2. The van der Waals surface area contributed by atoms with Crippen LogP contribution in [0.25, 0.3) is 0 Å². The second-order valence-electron chi connectivity index (χ2n) is 8.41. The summed E-state index contributed by atoms with van der Waals surface area (Å²) in [6.07, 6.45) is 8.84. The molecule has 2 N–H and O–H groups in total. The Morgan fingerprint density at radius 3 is 2.53 bits per heavy atom. The highest BCUT2D eigenvalue weighted by molar-refractivity contribution is 6.42. The number of rotatable bonds is 8. The van der Waals surface area contributed by atoms with Gasteiger partial charge >= 0.3 is 6.03 Å². The number of nitrogens with one attached hydrogen (secondary N) is 2. The monoisotopic (exact) mass is 500 g/mol. The number of piperidine rings is 1. The van der Waals surface area contributed by atoms with Gasteiger partial charge in [0.2, 0.25) is 5.91 Å². The number of urea groups is 1. The third-order valence-corrected chi connectivity index (χ3v) is 6.63. The molecule has 1 saturated heterocycles. The van der Waals surface area contributed by atoms with Crippen molar-refractivity contribution >= 4 is 46.5 Å². The molecule has 2 aromatic rings. The number of hydrogen-bond acceptors (Lipinski definition) is 3. The van der Waals surface area contributed by atoms with Gasteiger partial charge in [0.05, 0.1) is 10.0 Å². The van der Waals surface area contributed by atoms with E-state index in [-0.39, 0.29) is 18.0 Å². The fraction of sp³-hybridized carbons (Fsp3) is 0.385. The van der Waals surface area contributed by atoms with E-state index in [0.29, 0.717) is 28.0 Å². The van der Waals surface area contributed by atoms with E-state index in [2.05, 4.69) is 21.5 Å². The minimum Gasteiger partial charge on any atom is -0.326 e. The van der Waals surface area contributed by atoms with Gasteiger partial charge in [-0.1, -0.05) is 41.4 Å². The molecule has 0 saturated carbocycles. The summed E-state index contributed by atoms with van der Waals surface area (Å²) in [5, 5.41) is 6.63. The molecule has 1 aliphatic rings. The summed E-state index contributed by atoms with van der Waals surface area (Å²) in [6.45, 7) is 4.61. The number of hydrogen-bond donors (Lipinski definition) is 2. The zero-order chi connectivity index (χ0) is 24.5. The van der Waals surface area contributed by atoms with Crippen LogP contribution in [-0.2, 0) is 11.3 Å². The lowest BCUT2D eigenvalue weighted by molar-refractivity contribution is -0.114. The van der Waals surface area contributed by atoms with E-state index >= 15 is 0 Å². The highest BCUT2D eigenvalue weighted by atomic mass is 35.5. The average Bonchev–Trinajstić information content (AvgIpc) is 2.81. The zero-order valence-electron chi connectivity index (χ0n) is 19.3. The normalized spacial score (nSPS) is 14.3. The second kappa shape index (κ2) is 12.7. The minimum absolute atomic E-state index is 0.0528. The van der Waals surface area contributed by atoms with Crippen LogP contribution < -0.4 is 10.6 Å².